The van der Waals surface area contributed by atoms with E-state index >= 15 is 0 Å². The highest BCUT2D eigenvalue weighted by Crippen LogP contribution is 2.41. The van der Waals surface area contributed by atoms with Gasteiger partial charge in [-0.25, -0.2) is 0 Å². The standard InChI is InChI=1S/C6H7F6NO2.ClH/c7-5(8,9)3(6(10,11)12)1-2(13)4(14)15;/h2-3H,1,13H2,(H,14,15);1H/t2-;/m1./s1. The van der Waals surface area contributed by atoms with Gasteiger partial charge in [0.1, 0.15) is 6.04 Å². The zero-order valence-corrected chi connectivity index (χ0v) is 8.29. The van der Waals surface area contributed by atoms with Crippen molar-refractivity contribution in [1.82, 2.24) is 0 Å². The van der Waals surface area contributed by atoms with Gasteiger partial charge < -0.3 is 10.8 Å². The van der Waals surface area contributed by atoms with Crippen LogP contribution >= 0.6 is 12.4 Å². The number of rotatable bonds is 3. The van der Waals surface area contributed by atoms with Crippen LogP contribution in [0.3, 0.4) is 0 Å². The van der Waals surface area contributed by atoms with E-state index in [9.17, 15) is 31.1 Å². The molecule has 10 heteroatoms. The molecule has 0 bridgehead atoms. The van der Waals surface area contributed by atoms with E-state index < -0.39 is 36.7 Å². The van der Waals surface area contributed by atoms with Gasteiger partial charge in [0, 0.05) is 0 Å². The molecular weight excluding hydrogens is 268 g/mol. The Bertz CT molecular complexity index is 226. The van der Waals surface area contributed by atoms with Crippen LogP contribution in [0.1, 0.15) is 6.42 Å². The maximum Gasteiger partial charge on any atom is 0.400 e. The van der Waals surface area contributed by atoms with Crippen LogP contribution in [0.4, 0.5) is 26.3 Å². The number of carbonyl (C=O) groups is 1. The molecule has 16 heavy (non-hydrogen) atoms. The lowest BCUT2D eigenvalue weighted by Crippen LogP contribution is -2.43. The summed E-state index contributed by atoms with van der Waals surface area (Å²) < 4.78 is 71.2. The molecule has 0 amide bonds. The van der Waals surface area contributed by atoms with Gasteiger partial charge in [0.2, 0.25) is 0 Å². The zero-order valence-electron chi connectivity index (χ0n) is 7.47. The summed E-state index contributed by atoms with van der Waals surface area (Å²) in [4.78, 5) is 10.0. The highest BCUT2D eigenvalue weighted by molar-refractivity contribution is 5.85. The molecule has 0 aliphatic heterocycles. The molecule has 0 aliphatic rings. The maximum absolute atomic E-state index is 11.9. The fourth-order valence-corrected chi connectivity index (χ4v) is 0.808. The van der Waals surface area contributed by atoms with Crippen molar-refractivity contribution in [2.45, 2.75) is 24.8 Å². The Morgan fingerprint density at radius 1 is 1.12 bits per heavy atom. The SMILES string of the molecule is Cl.N[C@H](CC(C(F)(F)F)C(F)(F)F)C(=O)O. The third kappa shape index (κ3) is 5.40. The van der Waals surface area contributed by atoms with Crippen LogP contribution < -0.4 is 5.73 Å². The first-order valence-electron chi connectivity index (χ1n) is 3.58. The van der Waals surface area contributed by atoms with Gasteiger partial charge in [-0.15, -0.1) is 12.4 Å². The van der Waals surface area contributed by atoms with Crippen LogP contribution in [0.2, 0.25) is 0 Å². The van der Waals surface area contributed by atoms with Gasteiger partial charge in [0.05, 0.1) is 0 Å². The quantitative estimate of drug-likeness (QED) is 0.774. The summed E-state index contributed by atoms with van der Waals surface area (Å²) in [5.74, 6) is -5.62. The smallest absolute Gasteiger partial charge is 0.400 e. The van der Waals surface area contributed by atoms with E-state index in [-0.39, 0.29) is 12.4 Å². The zero-order chi connectivity index (χ0) is 12.4. The Morgan fingerprint density at radius 2 is 1.44 bits per heavy atom. The predicted molar refractivity (Wildman–Crippen MR) is 43.1 cm³/mol. The monoisotopic (exact) mass is 275 g/mol. The van der Waals surface area contributed by atoms with Crippen molar-refractivity contribution in [3.63, 3.8) is 0 Å². The van der Waals surface area contributed by atoms with E-state index in [1.807, 2.05) is 0 Å². The lowest BCUT2D eigenvalue weighted by molar-refractivity contribution is -0.286. The van der Waals surface area contributed by atoms with Gasteiger partial charge in [-0.3, -0.25) is 4.79 Å². The Morgan fingerprint density at radius 3 is 1.62 bits per heavy atom. The topological polar surface area (TPSA) is 63.3 Å². The second kappa shape index (κ2) is 5.58. The number of nitrogens with two attached hydrogens (primary N) is 1. The van der Waals surface area contributed by atoms with Crippen LogP contribution in [0.25, 0.3) is 0 Å². The van der Waals surface area contributed by atoms with E-state index in [1.165, 1.54) is 0 Å². The van der Waals surface area contributed by atoms with Crippen molar-refractivity contribution >= 4 is 18.4 Å². The number of alkyl halides is 6. The summed E-state index contributed by atoms with van der Waals surface area (Å²) in [7, 11) is 0. The van der Waals surface area contributed by atoms with Gasteiger partial charge in [-0.1, -0.05) is 0 Å². The number of carboxylic acids is 1. The Kier molecular flexibility index (Phi) is 6.16. The van der Waals surface area contributed by atoms with E-state index in [2.05, 4.69) is 5.73 Å². The summed E-state index contributed by atoms with van der Waals surface area (Å²) in [5, 5.41) is 8.10. The largest absolute Gasteiger partial charge is 0.480 e. The molecule has 0 rings (SSSR count). The highest BCUT2D eigenvalue weighted by Gasteiger charge is 2.57. The Labute approximate surface area is 92.0 Å². The molecule has 0 aliphatic carbocycles. The maximum atomic E-state index is 11.9. The van der Waals surface area contributed by atoms with E-state index in [0.717, 1.165) is 0 Å². The van der Waals surface area contributed by atoms with Crippen molar-refractivity contribution in [2.75, 3.05) is 0 Å². The molecule has 0 heterocycles. The number of carboxylic acid groups (broad SMARTS) is 1. The molecule has 3 nitrogen and oxygen atoms in total. The first-order chi connectivity index (χ1) is 6.46. The second-order valence-electron chi connectivity index (χ2n) is 2.82. The van der Waals surface area contributed by atoms with Crippen LogP contribution in [0.5, 0.6) is 0 Å². The predicted octanol–water partition coefficient (Wildman–Crippen LogP) is 1.95. The molecule has 0 aromatic rings. The molecule has 0 saturated heterocycles. The first kappa shape index (κ1) is 17.7. The lowest BCUT2D eigenvalue weighted by atomic mass is 9.99. The molecule has 98 valence electrons. The lowest BCUT2D eigenvalue weighted by Gasteiger charge is -2.24. The van der Waals surface area contributed by atoms with Gasteiger partial charge in [-0.05, 0) is 6.42 Å². The van der Waals surface area contributed by atoms with Crippen LogP contribution in [-0.4, -0.2) is 29.5 Å². The van der Waals surface area contributed by atoms with E-state index in [4.69, 9.17) is 5.11 Å². The minimum atomic E-state index is -5.55. The second-order valence-corrected chi connectivity index (χ2v) is 2.82. The summed E-state index contributed by atoms with van der Waals surface area (Å²) in [6.07, 6.45) is -12.8. The van der Waals surface area contributed by atoms with Crippen molar-refractivity contribution in [3.05, 3.63) is 0 Å². The van der Waals surface area contributed by atoms with Crippen LogP contribution in [0, 0.1) is 5.92 Å². The molecule has 3 N–H and O–H groups in total. The number of aliphatic carboxylic acids is 1. The molecule has 0 fully saturated rings. The molecular formula is C6H8ClF6NO2. The minimum absolute atomic E-state index is 0. The number of halogens is 7. The normalized spacial score (nSPS) is 14.5. The highest BCUT2D eigenvalue weighted by atomic mass is 35.5. The van der Waals surface area contributed by atoms with E-state index in [1.54, 1.807) is 0 Å². The van der Waals surface area contributed by atoms with Crippen LogP contribution in [0.15, 0.2) is 0 Å². The third-order valence-electron chi connectivity index (χ3n) is 1.60. The summed E-state index contributed by atoms with van der Waals surface area (Å²) in [6.45, 7) is 0. The van der Waals surface area contributed by atoms with Crippen molar-refractivity contribution in [1.29, 1.82) is 0 Å². The molecule has 0 aromatic carbocycles. The molecule has 0 spiro atoms. The number of hydrogen-bond donors (Lipinski definition) is 2. The molecule has 0 radical (unpaired) electrons. The van der Waals surface area contributed by atoms with Gasteiger partial charge in [0.25, 0.3) is 0 Å². The average molecular weight is 276 g/mol. The summed E-state index contributed by atoms with van der Waals surface area (Å²) in [6, 6.07) is -2.20. The fourth-order valence-electron chi connectivity index (χ4n) is 0.808. The number of hydrogen-bond acceptors (Lipinski definition) is 2. The molecule has 1 atom stereocenters. The van der Waals surface area contributed by atoms with Gasteiger partial charge in [0.15, 0.2) is 5.92 Å². The molecule has 0 unspecified atom stereocenters. The van der Waals surface area contributed by atoms with Gasteiger partial charge in [-0.2, -0.15) is 26.3 Å². The summed E-state index contributed by atoms with van der Waals surface area (Å²) >= 11 is 0. The Balaban J connectivity index is 0. The third-order valence-corrected chi connectivity index (χ3v) is 1.60. The van der Waals surface area contributed by atoms with Crippen molar-refractivity contribution in [3.8, 4) is 0 Å². The first-order valence-corrected chi connectivity index (χ1v) is 3.58. The van der Waals surface area contributed by atoms with Crippen molar-refractivity contribution in [2.24, 2.45) is 11.7 Å². The van der Waals surface area contributed by atoms with Gasteiger partial charge >= 0.3 is 18.3 Å². The van der Waals surface area contributed by atoms with Crippen molar-refractivity contribution < 1.29 is 36.2 Å². The van der Waals surface area contributed by atoms with E-state index in [0.29, 0.717) is 0 Å². The van der Waals surface area contributed by atoms with Crippen LogP contribution in [-0.2, 0) is 4.79 Å². The summed E-state index contributed by atoms with van der Waals surface area (Å²) in [5.41, 5.74) is 4.61. The fraction of sp³-hybridized carbons (Fsp3) is 0.833. The minimum Gasteiger partial charge on any atom is -0.480 e. The molecule has 0 saturated carbocycles. The molecule has 0 aromatic heterocycles. The Hall–Kier alpha value is -0.700. The average Bonchev–Trinajstić information content (AvgIpc) is 1.94.